The highest BCUT2D eigenvalue weighted by molar-refractivity contribution is 5.81. The molecule has 0 radical (unpaired) electrons. The highest BCUT2D eigenvalue weighted by Gasteiger charge is 2.23. The summed E-state index contributed by atoms with van der Waals surface area (Å²) in [5, 5.41) is 5.13. The Bertz CT molecular complexity index is 652. The topological polar surface area (TPSA) is 48.0 Å². The first-order valence-electron chi connectivity index (χ1n) is 6.74. The summed E-state index contributed by atoms with van der Waals surface area (Å²) in [6, 6.07) is 0. The Labute approximate surface area is 106 Å². The van der Waals surface area contributed by atoms with E-state index in [4.69, 9.17) is 4.52 Å². The molecule has 2 aromatic rings. The third kappa shape index (κ3) is 1.51. The van der Waals surface area contributed by atoms with Crippen molar-refractivity contribution in [3.8, 4) is 0 Å². The van der Waals surface area contributed by atoms with E-state index in [0.29, 0.717) is 12.3 Å². The number of hydrogen-bond acceptors (Lipinski definition) is 3. The van der Waals surface area contributed by atoms with Gasteiger partial charge in [0.15, 0.2) is 0 Å². The first-order chi connectivity index (χ1) is 8.74. The van der Waals surface area contributed by atoms with Gasteiger partial charge in [-0.3, -0.25) is 9.36 Å². The van der Waals surface area contributed by atoms with Crippen LogP contribution in [0.4, 0.5) is 0 Å². The maximum atomic E-state index is 12.5. The molecule has 96 valence electrons. The standard InChI is InChI=1S/C14H18N2O2/c1-3-8-16-13(17)11-7-5-4-6-10(11)12-9(2)15-18-14(12)16/h3-8H2,1-2H3. The van der Waals surface area contributed by atoms with E-state index in [9.17, 15) is 4.79 Å². The van der Waals surface area contributed by atoms with E-state index in [2.05, 4.69) is 12.1 Å². The molecule has 0 fully saturated rings. The molecule has 1 aliphatic rings. The lowest BCUT2D eigenvalue weighted by Crippen LogP contribution is -2.27. The minimum atomic E-state index is 0.134. The molecule has 0 amide bonds. The van der Waals surface area contributed by atoms with Crippen LogP contribution in [-0.2, 0) is 19.4 Å². The van der Waals surface area contributed by atoms with Gasteiger partial charge >= 0.3 is 0 Å². The molecular formula is C14H18N2O2. The number of aromatic nitrogens is 2. The number of fused-ring (bicyclic) bond motifs is 3. The largest absolute Gasteiger partial charge is 0.337 e. The summed E-state index contributed by atoms with van der Waals surface area (Å²) >= 11 is 0. The molecule has 0 N–H and O–H groups in total. The maximum absolute atomic E-state index is 12.5. The molecule has 4 nitrogen and oxygen atoms in total. The van der Waals surface area contributed by atoms with Gasteiger partial charge in [0.05, 0.1) is 11.1 Å². The molecular weight excluding hydrogens is 228 g/mol. The summed E-state index contributed by atoms with van der Waals surface area (Å²) in [5.41, 5.74) is 3.89. The number of aryl methyl sites for hydroxylation is 3. The molecule has 0 spiro atoms. The van der Waals surface area contributed by atoms with E-state index in [0.717, 1.165) is 48.7 Å². The monoisotopic (exact) mass is 246 g/mol. The van der Waals surface area contributed by atoms with Crippen molar-refractivity contribution in [2.24, 2.45) is 0 Å². The molecule has 2 aromatic heterocycles. The van der Waals surface area contributed by atoms with Crippen molar-refractivity contribution in [1.82, 2.24) is 9.72 Å². The first-order valence-corrected chi connectivity index (χ1v) is 6.74. The number of rotatable bonds is 2. The Morgan fingerprint density at radius 1 is 1.28 bits per heavy atom. The molecule has 0 bridgehead atoms. The Morgan fingerprint density at radius 3 is 2.72 bits per heavy atom. The summed E-state index contributed by atoms with van der Waals surface area (Å²) in [4.78, 5) is 12.5. The molecule has 0 atom stereocenters. The second-order valence-corrected chi connectivity index (χ2v) is 5.07. The van der Waals surface area contributed by atoms with Gasteiger partial charge in [-0.25, -0.2) is 0 Å². The molecule has 3 rings (SSSR count). The van der Waals surface area contributed by atoms with Crippen molar-refractivity contribution in [2.75, 3.05) is 0 Å². The van der Waals surface area contributed by atoms with Crippen LogP contribution in [0.25, 0.3) is 11.1 Å². The lowest BCUT2D eigenvalue weighted by Gasteiger charge is -2.17. The number of hydrogen-bond donors (Lipinski definition) is 0. The highest BCUT2D eigenvalue weighted by atomic mass is 16.5. The Morgan fingerprint density at radius 2 is 2.00 bits per heavy atom. The predicted molar refractivity (Wildman–Crippen MR) is 69.9 cm³/mol. The molecule has 1 aliphatic carbocycles. The molecule has 0 aromatic carbocycles. The van der Waals surface area contributed by atoms with Gasteiger partial charge < -0.3 is 4.52 Å². The van der Waals surface area contributed by atoms with Gasteiger partial charge in [0.25, 0.3) is 5.56 Å². The van der Waals surface area contributed by atoms with Crippen LogP contribution in [0, 0.1) is 6.92 Å². The summed E-state index contributed by atoms with van der Waals surface area (Å²) in [7, 11) is 0. The van der Waals surface area contributed by atoms with Crippen LogP contribution in [0.3, 0.4) is 0 Å². The molecule has 4 heteroatoms. The fraction of sp³-hybridized carbons (Fsp3) is 0.571. The van der Waals surface area contributed by atoms with Gasteiger partial charge in [0, 0.05) is 12.1 Å². The maximum Gasteiger partial charge on any atom is 0.256 e. The third-order valence-electron chi connectivity index (χ3n) is 3.81. The van der Waals surface area contributed by atoms with Gasteiger partial charge in [-0.05, 0) is 44.6 Å². The minimum absolute atomic E-state index is 0.134. The zero-order valence-corrected chi connectivity index (χ0v) is 11.0. The van der Waals surface area contributed by atoms with E-state index in [1.54, 1.807) is 4.57 Å². The van der Waals surface area contributed by atoms with E-state index in [1.807, 2.05) is 6.92 Å². The normalized spacial score (nSPS) is 15.0. The van der Waals surface area contributed by atoms with Crippen molar-refractivity contribution in [3.05, 3.63) is 27.2 Å². The lowest BCUT2D eigenvalue weighted by atomic mass is 9.90. The molecule has 0 saturated carbocycles. The quantitative estimate of drug-likeness (QED) is 0.818. The second kappa shape index (κ2) is 4.26. The van der Waals surface area contributed by atoms with Crippen LogP contribution in [0.15, 0.2) is 9.32 Å². The average molecular weight is 246 g/mol. The van der Waals surface area contributed by atoms with E-state index >= 15 is 0 Å². The van der Waals surface area contributed by atoms with Crippen LogP contribution < -0.4 is 5.56 Å². The Balaban J connectivity index is 2.41. The molecule has 2 heterocycles. The SMILES string of the molecule is CCCn1c(=O)c2c(c3c(C)noc31)CCCC2. The van der Waals surface area contributed by atoms with Crippen LogP contribution in [-0.4, -0.2) is 9.72 Å². The predicted octanol–water partition coefficient (Wildman–Crippen LogP) is 2.59. The highest BCUT2D eigenvalue weighted by Crippen LogP contribution is 2.28. The summed E-state index contributed by atoms with van der Waals surface area (Å²) in [5.74, 6) is 0. The summed E-state index contributed by atoms with van der Waals surface area (Å²) in [6.07, 6.45) is 5.08. The van der Waals surface area contributed by atoms with E-state index in [1.165, 1.54) is 5.56 Å². The Hall–Kier alpha value is -1.58. The molecule has 0 unspecified atom stereocenters. The zero-order chi connectivity index (χ0) is 12.7. The van der Waals surface area contributed by atoms with Crippen LogP contribution in [0.5, 0.6) is 0 Å². The fourth-order valence-electron chi connectivity index (χ4n) is 2.99. The molecule has 0 saturated heterocycles. The lowest BCUT2D eigenvalue weighted by molar-refractivity contribution is 0.423. The van der Waals surface area contributed by atoms with Crippen molar-refractivity contribution in [3.63, 3.8) is 0 Å². The average Bonchev–Trinajstić information content (AvgIpc) is 2.77. The van der Waals surface area contributed by atoms with Gasteiger partial charge in [-0.15, -0.1) is 0 Å². The van der Waals surface area contributed by atoms with Crippen LogP contribution in [0.1, 0.15) is 43.0 Å². The molecule has 18 heavy (non-hydrogen) atoms. The van der Waals surface area contributed by atoms with Crippen LogP contribution in [0.2, 0.25) is 0 Å². The third-order valence-corrected chi connectivity index (χ3v) is 3.81. The van der Waals surface area contributed by atoms with E-state index in [-0.39, 0.29) is 5.56 Å². The fourth-order valence-corrected chi connectivity index (χ4v) is 2.99. The second-order valence-electron chi connectivity index (χ2n) is 5.07. The number of nitrogens with zero attached hydrogens (tertiary/aromatic N) is 2. The smallest absolute Gasteiger partial charge is 0.256 e. The van der Waals surface area contributed by atoms with Crippen molar-refractivity contribution in [1.29, 1.82) is 0 Å². The van der Waals surface area contributed by atoms with Gasteiger partial charge in [-0.2, -0.15) is 0 Å². The first kappa shape index (κ1) is 11.5. The van der Waals surface area contributed by atoms with E-state index < -0.39 is 0 Å². The minimum Gasteiger partial charge on any atom is -0.337 e. The van der Waals surface area contributed by atoms with Gasteiger partial charge in [0.1, 0.15) is 0 Å². The Kier molecular flexibility index (Phi) is 2.73. The number of pyridine rings is 1. The zero-order valence-electron chi connectivity index (χ0n) is 11.0. The van der Waals surface area contributed by atoms with Crippen molar-refractivity contribution in [2.45, 2.75) is 52.5 Å². The summed E-state index contributed by atoms with van der Waals surface area (Å²) in [6.45, 7) is 4.74. The molecule has 0 aliphatic heterocycles. The van der Waals surface area contributed by atoms with Crippen molar-refractivity contribution >= 4 is 11.1 Å². The summed E-state index contributed by atoms with van der Waals surface area (Å²) < 4.78 is 7.16. The van der Waals surface area contributed by atoms with Crippen LogP contribution >= 0.6 is 0 Å². The van der Waals surface area contributed by atoms with Crippen molar-refractivity contribution < 1.29 is 4.52 Å². The van der Waals surface area contributed by atoms with Gasteiger partial charge in [-0.1, -0.05) is 12.1 Å². The van der Waals surface area contributed by atoms with Gasteiger partial charge in [0.2, 0.25) is 5.71 Å².